The van der Waals surface area contributed by atoms with Crippen molar-refractivity contribution in [2.45, 2.75) is 31.1 Å². The number of amides is 1. The quantitative estimate of drug-likeness (QED) is 0.885. The number of aryl methyl sites for hydroxylation is 1. The Balaban J connectivity index is 1.35. The van der Waals surface area contributed by atoms with Gasteiger partial charge in [-0.3, -0.25) is 9.59 Å². The summed E-state index contributed by atoms with van der Waals surface area (Å²) in [6, 6.07) is 8.63. The van der Waals surface area contributed by atoms with Gasteiger partial charge in [0.2, 0.25) is 5.91 Å². The van der Waals surface area contributed by atoms with Gasteiger partial charge in [-0.2, -0.15) is 0 Å². The number of carboxylic acid groups (broad SMARTS) is 1. The highest BCUT2D eigenvalue weighted by atomic mass is 16.4. The zero-order valence-corrected chi connectivity index (χ0v) is 11.8. The van der Waals surface area contributed by atoms with Crippen molar-refractivity contribution in [1.29, 1.82) is 0 Å². The summed E-state index contributed by atoms with van der Waals surface area (Å²) in [7, 11) is 0. The summed E-state index contributed by atoms with van der Waals surface area (Å²) in [5.74, 6) is -1.15. The van der Waals surface area contributed by atoms with E-state index in [0.717, 1.165) is 12.8 Å². The molecule has 3 aliphatic carbocycles. The van der Waals surface area contributed by atoms with Gasteiger partial charge in [0, 0.05) is 12.0 Å². The van der Waals surface area contributed by atoms with Crippen molar-refractivity contribution in [3.8, 4) is 0 Å². The number of nitrogens with one attached hydrogen (secondary N) is 1. The van der Waals surface area contributed by atoms with Crippen LogP contribution in [0.1, 0.15) is 30.4 Å². The minimum atomic E-state index is -0.845. The second-order valence-corrected chi connectivity index (χ2v) is 6.75. The van der Waals surface area contributed by atoms with Crippen LogP contribution in [0.3, 0.4) is 0 Å². The molecule has 1 aromatic carbocycles. The molecule has 0 radical (unpaired) electrons. The average Bonchev–Trinajstić information content (AvgIpc) is 3.35. The third kappa shape index (κ3) is 1.96. The number of aliphatic carboxylic acids is 1. The topological polar surface area (TPSA) is 66.4 Å². The summed E-state index contributed by atoms with van der Waals surface area (Å²) in [6.07, 6.45) is 3.98. The van der Waals surface area contributed by atoms with Gasteiger partial charge in [-0.15, -0.1) is 0 Å². The molecule has 2 saturated carbocycles. The Hall–Kier alpha value is -1.84. The minimum absolute atomic E-state index is 0.0734. The Bertz CT molecular complexity index is 626. The number of carboxylic acids is 1. The summed E-state index contributed by atoms with van der Waals surface area (Å²) >= 11 is 0. The first-order valence-corrected chi connectivity index (χ1v) is 7.71. The molecule has 4 heteroatoms. The van der Waals surface area contributed by atoms with E-state index < -0.39 is 11.9 Å². The maximum atomic E-state index is 11.9. The lowest BCUT2D eigenvalue weighted by atomic mass is 9.95. The third-order valence-corrected chi connectivity index (χ3v) is 5.59. The fraction of sp³-hybridized carbons (Fsp3) is 0.529. The molecule has 0 saturated heterocycles. The number of carbonyl (C=O) groups excluding carboxylic acids is 1. The van der Waals surface area contributed by atoms with Crippen molar-refractivity contribution in [3.05, 3.63) is 35.4 Å². The summed E-state index contributed by atoms with van der Waals surface area (Å²) in [5, 5.41) is 11.8. The standard InChI is InChI=1S/C17H19NO3/c19-15(12-7-13(12)16(20)21)18-9-11-8-17(11)6-5-10-3-1-2-4-14(10)17/h1-4,11-13H,5-9H2,(H,18,19)(H,20,21)/t11-,12-,13+,17-/m0/s1. The third-order valence-electron chi connectivity index (χ3n) is 5.59. The Labute approximate surface area is 123 Å². The normalized spacial score (nSPS) is 35.3. The first kappa shape index (κ1) is 12.9. The van der Waals surface area contributed by atoms with Gasteiger partial charge in [-0.05, 0) is 42.7 Å². The van der Waals surface area contributed by atoms with E-state index in [1.807, 2.05) is 0 Å². The van der Waals surface area contributed by atoms with Gasteiger partial charge in [0.1, 0.15) is 0 Å². The molecular formula is C17H19NO3. The van der Waals surface area contributed by atoms with E-state index in [1.165, 1.54) is 17.5 Å². The van der Waals surface area contributed by atoms with Crippen molar-refractivity contribution in [3.63, 3.8) is 0 Å². The molecule has 0 unspecified atom stereocenters. The van der Waals surface area contributed by atoms with Crippen LogP contribution in [0, 0.1) is 17.8 Å². The smallest absolute Gasteiger partial charge is 0.307 e. The van der Waals surface area contributed by atoms with Gasteiger partial charge >= 0.3 is 5.97 Å². The first-order chi connectivity index (χ1) is 10.1. The highest BCUT2D eigenvalue weighted by molar-refractivity contribution is 5.89. The number of benzene rings is 1. The highest BCUT2D eigenvalue weighted by Crippen LogP contribution is 2.61. The van der Waals surface area contributed by atoms with Crippen molar-refractivity contribution >= 4 is 11.9 Å². The van der Waals surface area contributed by atoms with Crippen LogP contribution in [0.15, 0.2) is 24.3 Å². The molecule has 3 aliphatic rings. The molecule has 2 N–H and O–H groups in total. The van der Waals surface area contributed by atoms with Crippen LogP contribution in [0.25, 0.3) is 0 Å². The van der Waals surface area contributed by atoms with Crippen LogP contribution in [-0.2, 0) is 21.4 Å². The fourth-order valence-corrected chi connectivity index (χ4v) is 4.11. The largest absolute Gasteiger partial charge is 0.481 e. The van der Waals surface area contributed by atoms with Gasteiger partial charge < -0.3 is 10.4 Å². The molecular weight excluding hydrogens is 266 g/mol. The fourth-order valence-electron chi connectivity index (χ4n) is 4.11. The Morgan fingerprint density at radius 1 is 1.29 bits per heavy atom. The molecule has 2 fully saturated rings. The van der Waals surface area contributed by atoms with E-state index in [2.05, 4.69) is 29.6 Å². The Morgan fingerprint density at radius 3 is 2.86 bits per heavy atom. The van der Waals surface area contributed by atoms with Crippen LogP contribution in [0.2, 0.25) is 0 Å². The van der Waals surface area contributed by atoms with Gasteiger partial charge in [0.15, 0.2) is 0 Å². The summed E-state index contributed by atoms with van der Waals surface area (Å²) < 4.78 is 0. The first-order valence-electron chi connectivity index (χ1n) is 7.71. The van der Waals surface area contributed by atoms with Crippen LogP contribution >= 0.6 is 0 Å². The highest BCUT2D eigenvalue weighted by Gasteiger charge is 2.58. The molecule has 0 aliphatic heterocycles. The van der Waals surface area contributed by atoms with Crippen molar-refractivity contribution in [2.24, 2.45) is 17.8 Å². The van der Waals surface area contributed by atoms with Crippen molar-refractivity contribution in [2.75, 3.05) is 6.54 Å². The maximum Gasteiger partial charge on any atom is 0.307 e. The zero-order chi connectivity index (χ0) is 14.6. The molecule has 1 aromatic rings. The second-order valence-electron chi connectivity index (χ2n) is 6.75. The predicted octanol–water partition coefficient (Wildman–Crippen LogP) is 1.73. The molecule has 0 bridgehead atoms. The van der Waals surface area contributed by atoms with Gasteiger partial charge in [-0.1, -0.05) is 24.3 Å². The molecule has 0 aromatic heterocycles. The zero-order valence-electron chi connectivity index (χ0n) is 11.8. The number of fused-ring (bicyclic) bond motifs is 2. The van der Waals surface area contributed by atoms with Crippen LogP contribution in [-0.4, -0.2) is 23.5 Å². The molecule has 21 heavy (non-hydrogen) atoms. The van der Waals surface area contributed by atoms with Crippen molar-refractivity contribution < 1.29 is 14.7 Å². The van der Waals surface area contributed by atoms with E-state index in [0.29, 0.717) is 24.3 Å². The van der Waals surface area contributed by atoms with Crippen molar-refractivity contribution in [1.82, 2.24) is 5.32 Å². The molecule has 1 amide bonds. The Kier molecular flexibility index (Phi) is 2.65. The molecule has 1 spiro atoms. The lowest BCUT2D eigenvalue weighted by Crippen LogP contribution is -2.29. The summed E-state index contributed by atoms with van der Waals surface area (Å²) in [5.41, 5.74) is 3.22. The van der Waals surface area contributed by atoms with E-state index in [4.69, 9.17) is 5.11 Å². The minimum Gasteiger partial charge on any atom is -0.481 e. The number of hydrogen-bond donors (Lipinski definition) is 2. The Morgan fingerprint density at radius 2 is 2.10 bits per heavy atom. The lowest BCUT2D eigenvalue weighted by molar-refractivity contribution is -0.140. The van der Waals surface area contributed by atoms with E-state index in [1.54, 1.807) is 0 Å². The van der Waals surface area contributed by atoms with E-state index in [-0.39, 0.29) is 11.8 Å². The molecule has 0 heterocycles. The summed E-state index contributed by atoms with van der Waals surface area (Å²) in [6.45, 7) is 0.690. The van der Waals surface area contributed by atoms with Gasteiger partial charge in [0.25, 0.3) is 0 Å². The number of rotatable bonds is 4. The second kappa shape index (κ2) is 4.33. The average molecular weight is 285 g/mol. The number of carbonyl (C=O) groups is 2. The molecule has 4 nitrogen and oxygen atoms in total. The predicted molar refractivity (Wildman–Crippen MR) is 76.8 cm³/mol. The van der Waals surface area contributed by atoms with E-state index in [9.17, 15) is 9.59 Å². The molecule has 110 valence electrons. The lowest BCUT2D eigenvalue weighted by Gasteiger charge is -2.12. The monoisotopic (exact) mass is 285 g/mol. The van der Waals surface area contributed by atoms with Crippen LogP contribution in [0.5, 0.6) is 0 Å². The van der Waals surface area contributed by atoms with Crippen LogP contribution < -0.4 is 5.32 Å². The van der Waals surface area contributed by atoms with E-state index >= 15 is 0 Å². The van der Waals surface area contributed by atoms with Crippen LogP contribution in [0.4, 0.5) is 0 Å². The molecule has 4 rings (SSSR count). The van der Waals surface area contributed by atoms with Gasteiger partial charge in [-0.25, -0.2) is 0 Å². The SMILES string of the molecule is O=C(NC[C@@H]1C[C@@]12CCc1ccccc12)[C@H]1C[C@H]1C(=O)O. The molecule has 4 atom stereocenters. The maximum absolute atomic E-state index is 11.9. The van der Waals surface area contributed by atoms with Gasteiger partial charge in [0.05, 0.1) is 11.8 Å². The summed E-state index contributed by atoms with van der Waals surface area (Å²) in [4.78, 5) is 22.7. The number of hydrogen-bond acceptors (Lipinski definition) is 2.